The zero-order valence-corrected chi connectivity index (χ0v) is 9.89. The maximum Gasteiger partial charge on any atom is 0.323 e. The van der Waals surface area contributed by atoms with Crippen molar-refractivity contribution in [3.05, 3.63) is 18.2 Å². The van der Waals surface area contributed by atoms with Crippen molar-refractivity contribution in [2.24, 2.45) is 11.7 Å². The minimum Gasteiger partial charge on any atom is -0.465 e. The van der Waals surface area contributed by atoms with Crippen molar-refractivity contribution in [3.8, 4) is 0 Å². The minimum absolute atomic E-state index is 0.320. The second-order valence-electron chi connectivity index (χ2n) is 4.64. The van der Waals surface area contributed by atoms with Crippen molar-refractivity contribution < 1.29 is 9.53 Å². The third-order valence-electron chi connectivity index (χ3n) is 3.29. The molecule has 2 rings (SSSR count). The van der Waals surface area contributed by atoms with Gasteiger partial charge >= 0.3 is 5.97 Å². The van der Waals surface area contributed by atoms with Gasteiger partial charge in [-0.3, -0.25) is 4.79 Å². The van der Waals surface area contributed by atoms with Crippen LogP contribution in [-0.2, 0) is 16.0 Å². The lowest BCUT2D eigenvalue weighted by molar-refractivity contribution is -0.145. The van der Waals surface area contributed by atoms with E-state index >= 15 is 0 Å². The van der Waals surface area contributed by atoms with Gasteiger partial charge in [-0.25, -0.2) is 4.98 Å². The molecule has 1 aliphatic carbocycles. The molecule has 0 spiro atoms. The first-order valence-corrected chi connectivity index (χ1v) is 6.15. The fourth-order valence-electron chi connectivity index (χ4n) is 1.93. The van der Waals surface area contributed by atoms with Crippen LogP contribution in [0.15, 0.2) is 12.5 Å². The summed E-state index contributed by atoms with van der Waals surface area (Å²) in [5.41, 5.74) is 6.60. The zero-order chi connectivity index (χ0) is 12.1. The summed E-state index contributed by atoms with van der Waals surface area (Å²) in [6.07, 6.45) is 8.53. The number of carbonyl (C=O) groups excluding carboxylic acids is 1. The van der Waals surface area contributed by atoms with Crippen molar-refractivity contribution >= 4 is 5.97 Å². The van der Waals surface area contributed by atoms with Crippen LogP contribution in [-0.4, -0.2) is 28.6 Å². The second kappa shape index (κ2) is 5.82. The van der Waals surface area contributed by atoms with Gasteiger partial charge in [0.05, 0.1) is 12.9 Å². The predicted octanol–water partition coefficient (Wildman–Crippen LogP) is 1.01. The van der Waals surface area contributed by atoms with Gasteiger partial charge in [0.2, 0.25) is 0 Å². The summed E-state index contributed by atoms with van der Waals surface area (Å²) in [5, 5.41) is 0. The summed E-state index contributed by atoms with van der Waals surface area (Å²) in [4.78, 5) is 18.4. The molecule has 5 heteroatoms. The average molecular weight is 237 g/mol. The minimum atomic E-state index is -0.600. The Labute approximate surface area is 101 Å². The lowest BCUT2D eigenvalue weighted by atomic mass is 9.83. The van der Waals surface area contributed by atoms with E-state index < -0.39 is 6.04 Å². The molecular weight excluding hydrogens is 218 g/mol. The Morgan fingerprint density at radius 3 is 3.06 bits per heavy atom. The third kappa shape index (κ3) is 3.56. The van der Waals surface area contributed by atoms with Crippen LogP contribution < -0.4 is 5.73 Å². The number of nitrogens with zero attached hydrogens (tertiary/aromatic N) is 1. The standard InChI is InChI=1S/C12H19N3O2/c13-11(6-10-7-14-8-15-10)12(16)17-5-4-9-2-1-3-9/h7-9,11H,1-6,13H2,(H,14,15). The number of hydrogen-bond donors (Lipinski definition) is 2. The molecule has 0 amide bonds. The first-order chi connectivity index (χ1) is 8.25. The van der Waals surface area contributed by atoms with E-state index in [1.165, 1.54) is 19.3 Å². The fraction of sp³-hybridized carbons (Fsp3) is 0.667. The maximum absolute atomic E-state index is 11.6. The second-order valence-corrected chi connectivity index (χ2v) is 4.64. The van der Waals surface area contributed by atoms with E-state index in [-0.39, 0.29) is 5.97 Å². The number of ether oxygens (including phenoxy) is 1. The van der Waals surface area contributed by atoms with Crippen LogP contribution in [0, 0.1) is 5.92 Å². The normalized spacial score (nSPS) is 17.5. The lowest BCUT2D eigenvalue weighted by Crippen LogP contribution is -2.35. The molecule has 1 saturated carbocycles. The summed E-state index contributed by atoms with van der Waals surface area (Å²) < 4.78 is 5.16. The van der Waals surface area contributed by atoms with Gasteiger partial charge in [0.1, 0.15) is 6.04 Å². The van der Waals surface area contributed by atoms with Crippen LogP contribution >= 0.6 is 0 Å². The number of nitrogens with two attached hydrogens (primary N) is 1. The topological polar surface area (TPSA) is 81.0 Å². The highest BCUT2D eigenvalue weighted by molar-refractivity contribution is 5.75. The molecule has 5 nitrogen and oxygen atoms in total. The molecule has 17 heavy (non-hydrogen) atoms. The number of aromatic nitrogens is 2. The molecule has 1 atom stereocenters. The van der Waals surface area contributed by atoms with Crippen molar-refractivity contribution in [1.82, 2.24) is 9.97 Å². The Balaban J connectivity index is 1.64. The Hall–Kier alpha value is -1.36. The van der Waals surface area contributed by atoms with Crippen LogP contribution in [0.25, 0.3) is 0 Å². The molecule has 0 aromatic carbocycles. The van der Waals surface area contributed by atoms with Gasteiger partial charge in [0, 0.05) is 18.3 Å². The number of aromatic amines is 1. The quantitative estimate of drug-likeness (QED) is 0.724. The van der Waals surface area contributed by atoms with Gasteiger partial charge in [0.15, 0.2) is 0 Å². The van der Waals surface area contributed by atoms with E-state index in [1.54, 1.807) is 12.5 Å². The molecule has 1 unspecified atom stereocenters. The van der Waals surface area contributed by atoms with Crippen molar-refractivity contribution in [1.29, 1.82) is 0 Å². The number of carbonyl (C=O) groups is 1. The molecule has 1 aliphatic rings. The number of hydrogen-bond acceptors (Lipinski definition) is 4. The smallest absolute Gasteiger partial charge is 0.323 e. The highest BCUT2D eigenvalue weighted by atomic mass is 16.5. The lowest BCUT2D eigenvalue weighted by Gasteiger charge is -2.25. The molecule has 0 aliphatic heterocycles. The number of imidazole rings is 1. The summed E-state index contributed by atoms with van der Waals surface area (Å²) in [7, 11) is 0. The molecule has 0 radical (unpaired) electrons. The van der Waals surface area contributed by atoms with E-state index in [0.717, 1.165) is 18.0 Å². The van der Waals surface area contributed by atoms with E-state index in [4.69, 9.17) is 10.5 Å². The van der Waals surface area contributed by atoms with Gasteiger partial charge < -0.3 is 15.5 Å². The summed E-state index contributed by atoms with van der Waals surface area (Å²) in [5.74, 6) is 0.436. The van der Waals surface area contributed by atoms with Crippen LogP contribution in [0.3, 0.4) is 0 Å². The molecule has 94 valence electrons. The monoisotopic (exact) mass is 237 g/mol. The van der Waals surface area contributed by atoms with Crippen LogP contribution in [0.5, 0.6) is 0 Å². The first-order valence-electron chi connectivity index (χ1n) is 6.15. The van der Waals surface area contributed by atoms with Crippen molar-refractivity contribution in [2.75, 3.05) is 6.61 Å². The zero-order valence-electron chi connectivity index (χ0n) is 9.89. The first kappa shape index (κ1) is 12.1. The number of rotatable bonds is 6. The van der Waals surface area contributed by atoms with Crippen LogP contribution in [0.1, 0.15) is 31.4 Å². The molecule has 1 aromatic heterocycles. The molecule has 1 aromatic rings. The molecule has 0 saturated heterocycles. The van der Waals surface area contributed by atoms with E-state index in [0.29, 0.717) is 13.0 Å². The molecule has 1 heterocycles. The summed E-state index contributed by atoms with van der Waals surface area (Å²) in [6.45, 7) is 0.500. The van der Waals surface area contributed by atoms with Gasteiger partial charge in [-0.15, -0.1) is 0 Å². The molecule has 0 bridgehead atoms. The summed E-state index contributed by atoms with van der Waals surface area (Å²) >= 11 is 0. The van der Waals surface area contributed by atoms with Gasteiger partial charge in [-0.2, -0.15) is 0 Å². The van der Waals surface area contributed by atoms with Gasteiger partial charge in [0.25, 0.3) is 0 Å². The maximum atomic E-state index is 11.6. The average Bonchev–Trinajstić information content (AvgIpc) is 2.74. The van der Waals surface area contributed by atoms with Crippen molar-refractivity contribution in [2.45, 2.75) is 38.1 Å². The van der Waals surface area contributed by atoms with Crippen molar-refractivity contribution in [3.63, 3.8) is 0 Å². The Bertz CT molecular complexity index is 347. The molecule has 3 N–H and O–H groups in total. The number of esters is 1. The van der Waals surface area contributed by atoms with Gasteiger partial charge in [-0.05, 0) is 12.3 Å². The third-order valence-corrected chi connectivity index (χ3v) is 3.29. The molecule has 1 fully saturated rings. The van der Waals surface area contributed by atoms with E-state index in [2.05, 4.69) is 9.97 Å². The molecular formula is C12H19N3O2. The SMILES string of the molecule is NC(Cc1cnc[nH]1)C(=O)OCCC1CCC1. The highest BCUT2D eigenvalue weighted by Crippen LogP contribution is 2.29. The largest absolute Gasteiger partial charge is 0.465 e. The van der Waals surface area contributed by atoms with E-state index in [1.807, 2.05) is 0 Å². The van der Waals surface area contributed by atoms with Gasteiger partial charge in [-0.1, -0.05) is 19.3 Å². The number of H-pyrrole nitrogens is 1. The summed E-state index contributed by atoms with van der Waals surface area (Å²) in [6, 6.07) is -0.600. The van der Waals surface area contributed by atoms with Crippen LogP contribution in [0.4, 0.5) is 0 Å². The Morgan fingerprint density at radius 2 is 2.47 bits per heavy atom. The predicted molar refractivity (Wildman–Crippen MR) is 63.2 cm³/mol. The van der Waals surface area contributed by atoms with E-state index in [9.17, 15) is 4.79 Å². The van der Waals surface area contributed by atoms with Crippen LogP contribution in [0.2, 0.25) is 0 Å². The Kier molecular flexibility index (Phi) is 4.14. The number of nitrogens with one attached hydrogen (secondary N) is 1. The Morgan fingerprint density at radius 1 is 1.65 bits per heavy atom. The fourth-order valence-corrected chi connectivity index (χ4v) is 1.93. The highest BCUT2D eigenvalue weighted by Gasteiger charge is 2.19.